The first-order valence-corrected chi connectivity index (χ1v) is 28.3. The summed E-state index contributed by atoms with van der Waals surface area (Å²) in [6.07, 6.45) is -0.0903. The molecule has 4 aliphatic heterocycles. The molecule has 10 N–H and O–H groups in total. The van der Waals surface area contributed by atoms with Gasteiger partial charge in [0.15, 0.2) is 58.6 Å². The van der Waals surface area contributed by atoms with E-state index in [1.54, 1.807) is 23.0 Å². The van der Waals surface area contributed by atoms with Crippen LogP contribution in [0.2, 0.25) is 0 Å². The third-order valence-electron chi connectivity index (χ3n) is 17.2. The minimum atomic E-state index is -1.46. The maximum Gasteiger partial charge on any atom is 0.253 e. The molecule has 1 aromatic carbocycles. The lowest BCUT2D eigenvalue weighted by Gasteiger charge is -2.33. The summed E-state index contributed by atoms with van der Waals surface area (Å²) < 4.78 is 15.1. The predicted octanol–water partition coefficient (Wildman–Crippen LogP) is -0.976. The molecule has 6 aliphatic rings. The monoisotopic (exact) mass is 1110 g/mol. The summed E-state index contributed by atoms with van der Waals surface area (Å²) in [6, 6.07) is 0.447. The molecule has 0 spiro atoms. The molecule has 6 fully saturated rings. The number of nitrogens with zero attached hydrogens (tertiary/aromatic N) is 12. The van der Waals surface area contributed by atoms with Gasteiger partial charge in [-0.2, -0.15) is 19.9 Å². The Balaban J connectivity index is 0.733. The zero-order valence-corrected chi connectivity index (χ0v) is 46.2. The van der Waals surface area contributed by atoms with Crippen molar-refractivity contribution in [3.05, 3.63) is 33.1 Å². The molecular weight excluding hydrogens is 1040 g/mol. The number of rotatable bonds is 18. The summed E-state index contributed by atoms with van der Waals surface area (Å²) >= 11 is 0. The average molecular weight is 1110 g/mol. The Morgan fingerprint density at radius 2 is 0.912 bits per heavy atom. The Labute approximate surface area is 461 Å². The van der Waals surface area contributed by atoms with Crippen LogP contribution in [0.15, 0.2) is 22.2 Å². The van der Waals surface area contributed by atoms with Crippen molar-refractivity contribution in [2.45, 2.75) is 163 Å². The first-order chi connectivity index (χ1) is 38.5. The maximum absolute atomic E-state index is 13.2. The quantitative estimate of drug-likeness (QED) is 0.0472. The number of aliphatic hydroxyl groups is 4. The van der Waals surface area contributed by atoms with Crippen LogP contribution in [0.4, 0.5) is 34.9 Å². The van der Waals surface area contributed by atoms with E-state index in [2.05, 4.69) is 61.5 Å². The molecule has 0 bridgehead atoms. The fourth-order valence-electron chi connectivity index (χ4n) is 12.3. The lowest BCUT2D eigenvalue weighted by molar-refractivity contribution is -0.138. The molecule has 80 heavy (non-hydrogen) atoms. The van der Waals surface area contributed by atoms with E-state index in [-0.39, 0.29) is 24.2 Å². The number of aromatic nitrogens is 8. The van der Waals surface area contributed by atoms with Crippen molar-refractivity contribution in [2.24, 2.45) is 0 Å². The summed E-state index contributed by atoms with van der Waals surface area (Å²) in [5, 5.41) is 63.5. The molecule has 5 aromatic rings. The van der Waals surface area contributed by atoms with Gasteiger partial charge in [0.25, 0.3) is 22.7 Å². The number of nitrogens with one attached hydrogen (secondary N) is 6. The minimum absolute atomic E-state index is 0.0176. The Bertz CT molecular complexity index is 2910. The third-order valence-corrected chi connectivity index (χ3v) is 17.2. The van der Waals surface area contributed by atoms with Crippen molar-refractivity contribution in [3.8, 4) is 0 Å². The summed E-state index contributed by atoms with van der Waals surface area (Å²) in [4.78, 5) is 89.7. The number of imidazole rings is 2. The largest absolute Gasteiger partial charge is 0.387 e. The van der Waals surface area contributed by atoms with Gasteiger partial charge < -0.3 is 81.4 Å². The van der Waals surface area contributed by atoms with Gasteiger partial charge in [-0.15, -0.1) is 0 Å². The number of hydrogen-bond donors (Lipinski definition) is 10. The number of likely N-dealkylation sites (N-methyl/N-ethyl adjacent to an activating group) is 4. The number of carbonyl (C=O) groups is 2. The van der Waals surface area contributed by atoms with Gasteiger partial charge >= 0.3 is 0 Å². The van der Waals surface area contributed by atoms with E-state index in [4.69, 9.17) is 29.4 Å². The van der Waals surface area contributed by atoms with E-state index in [1.165, 1.54) is 12.7 Å². The van der Waals surface area contributed by atoms with Crippen molar-refractivity contribution in [1.29, 1.82) is 0 Å². The van der Waals surface area contributed by atoms with Crippen molar-refractivity contribution >= 4 is 69.0 Å². The van der Waals surface area contributed by atoms with Crippen LogP contribution < -0.4 is 52.6 Å². The molecule has 2 aliphatic carbocycles. The molecule has 4 aromatic heterocycles. The van der Waals surface area contributed by atoms with Crippen LogP contribution in [0, 0.1) is 0 Å². The zero-order chi connectivity index (χ0) is 56.3. The minimum Gasteiger partial charge on any atom is -0.387 e. The number of aliphatic hydroxyl groups excluding tert-OH is 4. The summed E-state index contributed by atoms with van der Waals surface area (Å²) in [5.74, 6) is 0.937. The summed E-state index contributed by atoms with van der Waals surface area (Å²) in [7, 11) is 8.19. The Morgan fingerprint density at radius 1 is 0.550 bits per heavy atom. The highest BCUT2D eigenvalue weighted by Crippen LogP contribution is 2.38. The molecular formula is C52H76N18O10. The van der Waals surface area contributed by atoms with E-state index in [9.17, 15) is 39.6 Å². The highest BCUT2D eigenvalue weighted by Gasteiger charge is 2.49. The second-order valence-corrected chi connectivity index (χ2v) is 22.8. The molecule has 0 unspecified atom stereocenters. The maximum atomic E-state index is 13.2. The van der Waals surface area contributed by atoms with Crippen LogP contribution in [0.3, 0.4) is 0 Å². The van der Waals surface area contributed by atoms with Gasteiger partial charge in [0, 0.05) is 75.5 Å². The van der Waals surface area contributed by atoms with Gasteiger partial charge in [-0.25, -0.2) is 9.97 Å². The number of amides is 2. The SMILES string of the molecule is CCNC(=O)[C@H]1O[C@@H](n2cnc3c(NC4CCC(Nc5c(NC6CCC(Nc7nc(N8CC[C@@H](N(C)C)C8)nc8c7ncn8[C@@H]7O[C@H](C(=O)NCC)[C@@H](O)[C@H]7O)CC6)c(=O)c5=O)CC4)nc(N4CC[C@@H](N(C)C)C4)nc32)[C@H](O)[C@@H]1O. The van der Waals surface area contributed by atoms with Crippen LogP contribution in [-0.2, 0) is 19.1 Å². The van der Waals surface area contributed by atoms with Crippen LogP contribution >= 0.6 is 0 Å². The molecule has 4 saturated heterocycles. The van der Waals surface area contributed by atoms with Crippen molar-refractivity contribution in [2.75, 3.05) is 98.5 Å². The molecule has 0 radical (unpaired) electrons. The summed E-state index contributed by atoms with van der Waals surface area (Å²) in [6.45, 7) is 7.06. The Hall–Kier alpha value is -6.40. The molecule has 8 heterocycles. The second-order valence-electron chi connectivity index (χ2n) is 22.8. The smallest absolute Gasteiger partial charge is 0.253 e. The van der Waals surface area contributed by atoms with Gasteiger partial charge in [0.2, 0.25) is 11.9 Å². The number of fused-ring (bicyclic) bond motifs is 2. The third kappa shape index (κ3) is 10.6. The van der Waals surface area contributed by atoms with E-state index >= 15 is 0 Å². The van der Waals surface area contributed by atoms with E-state index < -0.39 is 71.8 Å². The van der Waals surface area contributed by atoms with Gasteiger partial charge in [0.1, 0.15) is 35.8 Å². The van der Waals surface area contributed by atoms with Crippen molar-refractivity contribution in [1.82, 2.24) is 59.5 Å². The standard InChI is InChI=1S/C52H76N18O10/c1-7-53-47(77)41-37(73)39(75)49(79-41)69-23-55-33-43(61-51(63-45(33)69)67-19-17-29(21-67)65(3)4)59-27-13-9-25(10-14-27)57-31-32(36(72)35(31)71)58-26-11-15-28(16-12-26)60-44-34-46(64-52(62-44)68-20-18-30(22-68)66(5)6)70(24-56-34)50-40(76)38(74)42(80-50)48(78)54-8-2/h23-30,37-42,49-50,57-58,73-76H,7-22H2,1-6H3,(H,53,77)(H,54,78)(H,59,61,63)(H,60,62,64)/t25?,26?,27?,28?,29-,30-,37+,38+,39-,40-,41+,42+,49-,50-/m1/s1. The van der Waals surface area contributed by atoms with E-state index in [1.807, 2.05) is 28.2 Å². The Kier molecular flexibility index (Phi) is 15.9. The first-order valence-electron chi connectivity index (χ1n) is 28.3. The van der Waals surface area contributed by atoms with Gasteiger partial charge in [0.05, 0.1) is 12.7 Å². The van der Waals surface area contributed by atoms with Gasteiger partial charge in [-0.3, -0.25) is 28.3 Å². The lowest BCUT2D eigenvalue weighted by atomic mass is 9.90. The van der Waals surface area contributed by atoms with Crippen molar-refractivity contribution < 1.29 is 39.5 Å². The molecule has 28 nitrogen and oxygen atoms in total. The highest BCUT2D eigenvalue weighted by molar-refractivity contribution is 5.86. The van der Waals surface area contributed by atoms with E-state index in [0.717, 1.165) is 51.6 Å². The van der Waals surface area contributed by atoms with Gasteiger partial charge in [-0.05, 0) is 106 Å². The molecule has 11 rings (SSSR count). The topological polar surface area (TPSA) is 340 Å². The van der Waals surface area contributed by atoms with E-state index in [0.29, 0.717) is 121 Å². The molecule has 10 atom stereocenters. The van der Waals surface area contributed by atoms with Crippen LogP contribution in [0.25, 0.3) is 22.3 Å². The normalized spacial score (nSPS) is 31.1. The Morgan fingerprint density at radius 3 is 1.25 bits per heavy atom. The first kappa shape index (κ1) is 55.5. The number of anilines is 6. The van der Waals surface area contributed by atoms with Crippen LogP contribution in [-0.4, -0.2) is 221 Å². The number of hydrogen-bond acceptors (Lipinski definition) is 24. The predicted molar refractivity (Wildman–Crippen MR) is 296 cm³/mol. The summed E-state index contributed by atoms with van der Waals surface area (Å²) in [5.41, 5.74) is 1.25. The lowest BCUT2D eigenvalue weighted by Crippen LogP contribution is -2.43. The van der Waals surface area contributed by atoms with Crippen molar-refractivity contribution in [3.63, 3.8) is 0 Å². The fraction of sp³-hybridized carbons (Fsp3) is 0.692. The molecule has 28 heteroatoms. The second kappa shape index (κ2) is 22.9. The van der Waals surface area contributed by atoms with Crippen LogP contribution in [0.5, 0.6) is 0 Å². The van der Waals surface area contributed by atoms with Crippen LogP contribution in [0.1, 0.15) is 90.5 Å². The number of ether oxygens (including phenoxy) is 2. The number of carbonyl (C=O) groups excluding carboxylic acids is 2. The zero-order valence-electron chi connectivity index (χ0n) is 46.2. The highest BCUT2D eigenvalue weighted by atomic mass is 16.6. The average Bonchev–Trinajstić information content (AvgIpc) is 4.29. The molecule has 2 amide bonds. The molecule has 2 saturated carbocycles. The molecule has 434 valence electrons. The van der Waals surface area contributed by atoms with Gasteiger partial charge in [-0.1, -0.05) is 0 Å². The fourth-order valence-corrected chi connectivity index (χ4v) is 12.3.